The second kappa shape index (κ2) is 7.11. The molecule has 1 amide bonds. The summed E-state index contributed by atoms with van der Waals surface area (Å²) < 4.78 is 10.4. The molecule has 1 aliphatic heterocycles. The maximum atomic E-state index is 12.0. The third-order valence-corrected chi connectivity index (χ3v) is 3.07. The molecule has 5 heteroatoms. The number of nitrogens with one attached hydrogen (secondary N) is 2. The standard InChI is InChI=1S/C14H20N2O3/c1-18-8-9-19-13-4-2-11(3-5-13)14(17)16-12-6-7-15-10-12/h2-5,12,15H,6-10H2,1H3,(H,16,17). The minimum absolute atomic E-state index is 0.0304. The lowest BCUT2D eigenvalue weighted by Gasteiger charge is -2.11. The smallest absolute Gasteiger partial charge is 0.251 e. The number of hydrogen-bond acceptors (Lipinski definition) is 4. The van der Waals surface area contributed by atoms with Gasteiger partial charge in [-0.05, 0) is 37.2 Å². The molecule has 2 rings (SSSR count). The molecular formula is C14H20N2O3. The van der Waals surface area contributed by atoms with Crippen LogP contribution in [0.1, 0.15) is 16.8 Å². The van der Waals surface area contributed by atoms with Gasteiger partial charge >= 0.3 is 0 Å². The Kier molecular flexibility index (Phi) is 5.18. The molecule has 1 fully saturated rings. The van der Waals surface area contributed by atoms with Crippen LogP contribution in [0.3, 0.4) is 0 Å². The summed E-state index contributed by atoms with van der Waals surface area (Å²) in [7, 11) is 1.63. The molecular weight excluding hydrogens is 244 g/mol. The van der Waals surface area contributed by atoms with Crippen molar-refractivity contribution in [2.75, 3.05) is 33.4 Å². The highest BCUT2D eigenvalue weighted by atomic mass is 16.5. The van der Waals surface area contributed by atoms with E-state index in [0.29, 0.717) is 18.8 Å². The van der Waals surface area contributed by atoms with E-state index in [2.05, 4.69) is 10.6 Å². The maximum Gasteiger partial charge on any atom is 0.251 e. The van der Waals surface area contributed by atoms with Crippen LogP contribution in [0.4, 0.5) is 0 Å². The highest BCUT2D eigenvalue weighted by Gasteiger charge is 2.17. The van der Waals surface area contributed by atoms with E-state index < -0.39 is 0 Å². The van der Waals surface area contributed by atoms with Crippen molar-refractivity contribution >= 4 is 5.91 Å². The summed E-state index contributed by atoms with van der Waals surface area (Å²) in [5.74, 6) is 0.716. The SMILES string of the molecule is COCCOc1ccc(C(=O)NC2CCNC2)cc1. The van der Waals surface area contributed by atoms with Gasteiger partial charge in [-0.2, -0.15) is 0 Å². The molecule has 1 heterocycles. The summed E-state index contributed by atoms with van der Waals surface area (Å²) in [6.45, 7) is 2.88. The fourth-order valence-electron chi connectivity index (χ4n) is 1.99. The maximum absolute atomic E-state index is 12.0. The number of benzene rings is 1. The fourth-order valence-corrected chi connectivity index (χ4v) is 1.99. The number of hydrogen-bond donors (Lipinski definition) is 2. The monoisotopic (exact) mass is 264 g/mol. The van der Waals surface area contributed by atoms with E-state index in [1.807, 2.05) is 0 Å². The zero-order valence-corrected chi connectivity index (χ0v) is 11.1. The highest BCUT2D eigenvalue weighted by Crippen LogP contribution is 2.12. The third kappa shape index (κ3) is 4.22. The molecule has 1 atom stereocenters. The Bertz CT molecular complexity index is 400. The quantitative estimate of drug-likeness (QED) is 0.746. The van der Waals surface area contributed by atoms with Crippen molar-refractivity contribution in [1.29, 1.82) is 0 Å². The number of carbonyl (C=O) groups is 1. The van der Waals surface area contributed by atoms with E-state index in [4.69, 9.17) is 9.47 Å². The number of amides is 1. The molecule has 19 heavy (non-hydrogen) atoms. The van der Waals surface area contributed by atoms with Crippen LogP contribution in [0.25, 0.3) is 0 Å². The number of ether oxygens (including phenoxy) is 2. The fraction of sp³-hybridized carbons (Fsp3) is 0.500. The van der Waals surface area contributed by atoms with Gasteiger partial charge in [-0.25, -0.2) is 0 Å². The molecule has 2 N–H and O–H groups in total. The normalized spacial score (nSPS) is 18.3. The van der Waals surface area contributed by atoms with Gasteiger partial charge in [0.05, 0.1) is 6.61 Å². The molecule has 1 aromatic carbocycles. The van der Waals surface area contributed by atoms with Crippen molar-refractivity contribution in [1.82, 2.24) is 10.6 Å². The van der Waals surface area contributed by atoms with E-state index in [1.165, 1.54) is 0 Å². The van der Waals surface area contributed by atoms with Gasteiger partial charge in [0.2, 0.25) is 0 Å². The summed E-state index contributed by atoms with van der Waals surface area (Å²) in [5, 5.41) is 6.23. The van der Waals surface area contributed by atoms with Crippen molar-refractivity contribution in [3.05, 3.63) is 29.8 Å². The van der Waals surface area contributed by atoms with Gasteiger partial charge in [-0.1, -0.05) is 0 Å². The van der Waals surface area contributed by atoms with E-state index in [9.17, 15) is 4.79 Å². The molecule has 1 aromatic rings. The molecule has 104 valence electrons. The Morgan fingerprint density at radius 3 is 2.79 bits per heavy atom. The molecule has 0 radical (unpaired) electrons. The zero-order chi connectivity index (χ0) is 13.5. The van der Waals surface area contributed by atoms with E-state index in [1.54, 1.807) is 31.4 Å². The first-order valence-electron chi connectivity index (χ1n) is 6.53. The Balaban J connectivity index is 1.84. The van der Waals surface area contributed by atoms with Gasteiger partial charge in [-0.3, -0.25) is 4.79 Å². The predicted molar refractivity (Wildman–Crippen MR) is 72.6 cm³/mol. The topological polar surface area (TPSA) is 59.6 Å². The van der Waals surface area contributed by atoms with Crippen LogP contribution in [0, 0.1) is 0 Å². The van der Waals surface area contributed by atoms with Crippen LogP contribution in [0.5, 0.6) is 5.75 Å². The molecule has 1 saturated heterocycles. The van der Waals surface area contributed by atoms with Crippen molar-refractivity contribution in [3.63, 3.8) is 0 Å². The third-order valence-electron chi connectivity index (χ3n) is 3.07. The summed E-state index contributed by atoms with van der Waals surface area (Å²) >= 11 is 0. The van der Waals surface area contributed by atoms with Crippen LogP contribution >= 0.6 is 0 Å². The van der Waals surface area contributed by atoms with Crippen LogP contribution in [0.15, 0.2) is 24.3 Å². The van der Waals surface area contributed by atoms with Crippen molar-refractivity contribution < 1.29 is 14.3 Å². The minimum atomic E-state index is -0.0304. The summed E-state index contributed by atoms with van der Waals surface area (Å²) in [5.41, 5.74) is 0.658. The average molecular weight is 264 g/mol. The van der Waals surface area contributed by atoms with Crippen molar-refractivity contribution in [2.24, 2.45) is 0 Å². The number of methoxy groups -OCH3 is 1. The second-order valence-electron chi connectivity index (χ2n) is 4.53. The van der Waals surface area contributed by atoms with Gasteiger partial charge in [-0.15, -0.1) is 0 Å². The predicted octanol–water partition coefficient (Wildman–Crippen LogP) is 0.803. The number of rotatable bonds is 6. The Morgan fingerprint density at radius 1 is 1.37 bits per heavy atom. The molecule has 5 nitrogen and oxygen atoms in total. The first-order valence-corrected chi connectivity index (χ1v) is 6.53. The van der Waals surface area contributed by atoms with Crippen LogP contribution in [-0.4, -0.2) is 45.4 Å². The summed E-state index contributed by atoms with van der Waals surface area (Å²) in [6, 6.07) is 7.40. The lowest BCUT2D eigenvalue weighted by atomic mass is 10.2. The molecule has 0 aliphatic carbocycles. The van der Waals surface area contributed by atoms with Gasteiger partial charge in [0.1, 0.15) is 12.4 Å². The molecule has 0 aromatic heterocycles. The van der Waals surface area contributed by atoms with Crippen LogP contribution in [0.2, 0.25) is 0 Å². The Hall–Kier alpha value is -1.59. The van der Waals surface area contributed by atoms with Gasteiger partial charge in [0, 0.05) is 25.3 Å². The van der Waals surface area contributed by atoms with E-state index in [-0.39, 0.29) is 11.9 Å². The largest absolute Gasteiger partial charge is 0.491 e. The highest BCUT2D eigenvalue weighted by molar-refractivity contribution is 5.94. The lowest BCUT2D eigenvalue weighted by molar-refractivity contribution is 0.0940. The molecule has 0 saturated carbocycles. The second-order valence-corrected chi connectivity index (χ2v) is 4.53. The van der Waals surface area contributed by atoms with E-state index in [0.717, 1.165) is 25.3 Å². The van der Waals surface area contributed by atoms with Gasteiger partial charge < -0.3 is 20.1 Å². The van der Waals surface area contributed by atoms with Gasteiger partial charge in [0.25, 0.3) is 5.91 Å². The minimum Gasteiger partial charge on any atom is -0.491 e. The van der Waals surface area contributed by atoms with Crippen molar-refractivity contribution in [3.8, 4) is 5.75 Å². The average Bonchev–Trinajstić information content (AvgIpc) is 2.93. The molecule has 0 spiro atoms. The zero-order valence-electron chi connectivity index (χ0n) is 11.1. The first-order chi connectivity index (χ1) is 9.29. The van der Waals surface area contributed by atoms with Gasteiger partial charge in [0.15, 0.2) is 0 Å². The Morgan fingerprint density at radius 2 is 2.16 bits per heavy atom. The summed E-state index contributed by atoms with van der Waals surface area (Å²) in [6.07, 6.45) is 0.990. The summed E-state index contributed by atoms with van der Waals surface area (Å²) in [4.78, 5) is 12.0. The van der Waals surface area contributed by atoms with Crippen LogP contribution < -0.4 is 15.4 Å². The lowest BCUT2D eigenvalue weighted by Crippen LogP contribution is -2.36. The molecule has 1 aliphatic rings. The molecule has 0 bridgehead atoms. The first kappa shape index (κ1) is 13.8. The molecule has 1 unspecified atom stereocenters. The Labute approximate surface area is 113 Å². The van der Waals surface area contributed by atoms with Crippen molar-refractivity contribution in [2.45, 2.75) is 12.5 Å². The number of carbonyl (C=O) groups excluding carboxylic acids is 1. The van der Waals surface area contributed by atoms with Crippen LogP contribution in [-0.2, 0) is 4.74 Å². The van der Waals surface area contributed by atoms with E-state index >= 15 is 0 Å².